The second-order valence-electron chi connectivity index (χ2n) is 5.43. The van der Waals surface area contributed by atoms with E-state index in [2.05, 4.69) is 10.3 Å². The summed E-state index contributed by atoms with van der Waals surface area (Å²) in [6.45, 7) is 2.12. The van der Waals surface area contributed by atoms with Crippen molar-refractivity contribution in [2.75, 3.05) is 11.9 Å². The van der Waals surface area contributed by atoms with Gasteiger partial charge in [-0.15, -0.1) is 0 Å². The number of nitrogens with one attached hydrogen (secondary N) is 1. The van der Waals surface area contributed by atoms with Gasteiger partial charge in [-0.05, 0) is 31.7 Å². The molecule has 1 aromatic heterocycles. The van der Waals surface area contributed by atoms with Crippen LogP contribution in [0.5, 0.6) is 0 Å². The Balaban J connectivity index is 2.00. The van der Waals surface area contributed by atoms with E-state index in [1.165, 1.54) is 6.07 Å². The third kappa shape index (κ3) is 3.68. The number of hydrogen-bond donors (Lipinski definition) is 2. The summed E-state index contributed by atoms with van der Waals surface area (Å²) in [5.41, 5.74) is 0.338. The maximum Gasteiger partial charge on any atom is 0.306 e. The molecule has 2 N–H and O–H groups in total. The number of hydrogen-bond acceptors (Lipinski definition) is 5. The lowest BCUT2D eigenvalue weighted by atomic mass is 9.79. The molecule has 1 heterocycles. The van der Waals surface area contributed by atoms with Crippen molar-refractivity contribution in [3.63, 3.8) is 0 Å². The molecule has 1 aliphatic carbocycles. The highest BCUT2D eigenvalue weighted by Crippen LogP contribution is 2.30. The van der Waals surface area contributed by atoms with Crippen molar-refractivity contribution in [3.8, 4) is 0 Å². The van der Waals surface area contributed by atoms with Crippen molar-refractivity contribution in [2.45, 2.75) is 32.6 Å². The third-order valence-electron chi connectivity index (χ3n) is 4.03. The van der Waals surface area contributed by atoms with Gasteiger partial charge < -0.3 is 10.4 Å². The van der Waals surface area contributed by atoms with Gasteiger partial charge in [0.05, 0.1) is 10.8 Å². The molecule has 2 atom stereocenters. The number of carbonyl (C=O) groups is 1. The molecule has 0 spiro atoms. The smallest absolute Gasteiger partial charge is 0.306 e. The lowest BCUT2D eigenvalue weighted by Crippen LogP contribution is -2.31. The predicted octanol–water partition coefficient (Wildman–Crippen LogP) is 2.60. The maximum atomic E-state index is 11.2. The van der Waals surface area contributed by atoms with Gasteiger partial charge in [0.1, 0.15) is 11.5 Å². The Morgan fingerprint density at radius 1 is 1.48 bits per heavy atom. The predicted molar refractivity (Wildman–Crippen MR) is 77.2 cm³/mol. The number of nitrogens with zero attached hydrogens (tertiary/aromatic N) is 2. The van der Waals surface area contributed by atoms with Crippen LogP contribution in [-0.2, 0) is 4.79 Å². The average molecular weight is 293 g/mol. The zero-order chi connectivity index (χ0) is 15.4. The van der Waals surface area contributed by atoms with Gasteiger partial charge in [-0.1, -0.05) is 12.8 Å². The largest absolute Gasteiger partial charge is 0.481 e. The number of aromatic nitrogens is 1. The third-order valence-corrected chi connectivity index (χ3v) is 4.03. The number of rotatable bonds is 5. The number of pyridine rings is 1. The van der Waals surface area contributed by atoms with Crippen LogP contribution in [0.1, 0.15) is 31.4 Å². The number of aryl methyl sites for hydroxylation is 1. The van der Waals surface area contributed by atoms with Crippen LogP contribution in [0.15, 0.2) is 12.1 Å². The van der Waals surface area contributed by atoms with Gasteiger partial charge in [0.2, 0.25) is 0 Å². The molecule has 7 nitrogen and oxygen atoms in total. The van der Waals surface area contributed by atoms with Crippen LogP contribution in [0.4, 0.5) is 11.5 Å². The quantitative estimate of drug-likeness (QED) is 0.638. The zero-order valence-corrected chi connectivity index (χ0v) is 11.9. The van der Waals surface area contributed by atoms with Crippen molar-refractivity contribution in [1.82, 2.24) is 4.98 Å². The molecule has 0 amide bonds. The van der Waals surface area contributed by atoms with Crippen LogP contribution in [0.2, 0.25) is 0 Å². The molecular formula is C14H19N3O4. The van der Waals surface area contributed by atoms with Gasteiger partial charge >= 0.3 is 5.97 Å². The summed E-state index contributed by atoms with van der Waals surface area (Å²) >= 11 is 0. The number of nitro groups is 1. The summed E-state index contributed by atoms with van der Waals surface area (Å²) in [5.74, 6) is -0.430. The summed E-state index contributed by atoms with van der Waals surface area (Å²) in [4.78, 5) is 25.7. The Morgan fingerprint density at radius 2 is 2.19 bits per heavy atom. The minimum atomic E-state index is -0.741. The second-order valence-corrected chi connectivity index (χ2v) is 5.43. The van der Waals surface area contributed by atoms with Gasteiger partial charge in [0.15, 0.2) is 0 Å². The van der Waals surface area contributed by atoms with Crippen molar-refractivity contribution in [3.05, 3.63) is 27.9 Å². The molecule has 2 unspecified atom stereocenters. The number of aliphatic carboxylic acids is 1. The molecule has 1 fully saturated rings. The zero-order valence-electron chi connectivity index (χ0n) is 11.9. The Bertz CT molecular complexity index is 547. The van der Waals surface area contributed by atoms with Gasteiger partial charge in [0.25, 0.3) is 5.69 Å². The van der Waals surface area contributed by atoms with Crippen LogP contribution in [0.25, 0.3) is 0 Å². The van der Waals surface area contributed by atoms with Gasteiger partial charge in [-0.3, -0.25) is 14.9 Å². The van der Waals surface area contributed by atoms with E-state index in [0.717, 1.165) is 19.3 Å². The van der Waals surface area contributed by atoms with Crippen LogP contribution in [0, 0.1) is 28.9 Å². The van der Waals surface area contributed by atoms with E-state index in [1.807, 2.05) is 0 Å². The maximum absolute atomic E-state index is 11.2. The summed E-state index contributed by atoms with van der Waals surface area (Å²) in [6, 6.07) is 2.98. The van der Waals surface area contributed by atoms with Crippen LogP contribution in [-0.4, -0.2) is 27.5 Å². The molecule has 0 aliphatic heterocycles. The second kappa shape index (κ2) is 6.51. The Labute approximate surface area is 122 Å². The fraction of sp³-hybridized carbons (Fsp3) is 0.571. The van der Waals surface area contributed by atoms with Crippen molar-refractivity contribution >= 4 is 17.5 Å². The van der Waals surface area contributed by atoms with E-state index < -0.39 is 10.9 Å². The fourth-order valence-electron chi connectivity index (χ4n) is 2.86. The number of carboxylic acid groups (broad SMARTS) is 1. The molecule has 114 valence electrons. The first-order valence-electron chi connectivity index (χ1n) is 7.07. The highest BCUT2D eigenvalue weighted by Gasteiger charge is 2.30. The molecule has 0 saturated heterocycles. The van der Waals surface area contributed by atoms with Gasteiger partial charge in [-0.2, -0.15) is 0 Å². The molecular weight excluding hydrogens is 274 g/mol. The standard InChI is InChI=1S/C14H19N3O4/c1-9-12(17(20)21)6-7-13(16-9)15-8-10-4-2-3-5-11(10)14(18)19/h6-7,10-11H,2-5,8H2,1H3,(H,15,16)(H,18,19). The van der Waals surface area contributed by atoms with Crippen molar-refractivity contribution < 1.29 is 14.8 Å². The van der Waals surface area contributed by atoms with Crippen molar-refractivity contribution in [1.29, 1.82) is 0 Å². The SMILES string of the molecule is Cc1nc(NCC2CCCCC2C(=O)O)ccc1[N+](=O)[O-]. The normalized spacial score (nSPS) is 21.8. The van der Waals surface area contributed by atoms with Crippen LogP contribution >= 0.6 is 0 Å². The van der Waals surface area contributed by atoms with Crippen molar-refractivity contribution in [2.24, 2.45) is 11.8 Å². The van der Waals surface area contributed by atoms with E-state index in [-0.39, 0.29) is 17.5 Å². The Morgan fingerprint density at radius 3 is 2.81 bits per heavy atom. The Kier molecular flexibility index (Phi) is 4.72. The average Bonchev–Trinajstić information content (AvgIpc) is 2.45. The van der Waals surface area contributed by atoms with E-state index in [0.29, 0.717) is 24.5 Å². The number of carboxylic acids is 1. The molecule has 0 aromatic carbocycles. The fourth-order valence-corrected chi connectivity index (χ4v) is 2.86. The first-order valence-corrected chi connectivity index (χ1v) is 7.07. The van der Waals surface area contributed by atoms with E-state index in [9.17, 15) is 20.0 Å². The first-order chi connectivity index (χ1) is 9.99. The number of anilines is 1. The van der Waals surface area contributed by atoms with Gasteiger partial charge in [0, 0.05) is 12.6 Å². The monoisotopic (exact) mass is 293 g/mol. The lowest BCUT2D eigenvalue weighted by molar-refractivity contribution is -0.385. The molecule has 0 radical (unpaired) electrons. The first kappa shape index (κ1) is 15.2. The van der Waals surface area contributed by atoms with E-state index in [4.69, 9.17) is 0 Å². The highest BCUT2D eigenvalue weighted by molar-refractivity contribution is 5.70. The summed E-state index contributed by atoms with van der Waals surface area (Å²) in [7, 11) is 0. The summed E-state index contributed by atoms with van der Waals surface area (Å²) in [5, 5.41) is 23.1. The molecule has 1 saturated carbocycles. The Hall–Kier alpha value is -2.18. The molecule has 0 bridgehead atoms. The molecule has 1 aromatic rings. The minimum absolute atomic E-state index is 0.0124. The highest BCUT2D eigenvalue weighted by atomic mass is 16.6. The van der Waals surface area contributed by atoms with E-state index >= 15 is 0 Å². The minimum Gasteiger partial charge on any atom is -0.481 e. The van der Waals surface area contributed by atoms with E-state index in [1.54, 1.807) is 13.0 Å². The summed E-state index contributed by atoms with van der Waals surface area (Å²) in [6.07, 6.45) is 3.61. The summed E-state index contributed by atoms with van der Waals surface area (Å²) < 4.78 is 0. The van der Waals surface area contributed by atoms with Gasteiger partial charge in [-0.25, -0.2) is 4.98 Å². The van der Waals surface area contributed by atoms with Crippen LogP contribution < -0.4 is 5.32 Å². The molecule has 21 heavy (non-hydrogen) atoms. The molecule has 2 rings (SSSR count). The van der Waals surface area contributed by atoms with Crippen LogP contribution in [0.3, 0.4) is 0 Å². The molecule has 7 heteroatoms. The lowest BCUT2D eigenvalue weighted by Gasteiger charge is -2.28. The topological polar surface area (TPSA) is 105 Å². The molecule has 1 aliphatic rings.